The number of rotatable bonds is 31. The van der Waals surface area contributed by atoms with Gasteiger partial charge in [-0.05, 0) is 12.8 Å². The average Bonchev–Trinajstić information content (AvgIpc) is 3.32. The molecule has 346 valence electrons. The largest absolute Gasteiger partial charge is 0.394 e. The molecule has 0 bridgehead atoms. The third-order valence-electron chi connectivity index (χ3n) is 7.38. The van der Waals surface area contributed by atoms with Crippen molar-refractivity contribution in [2.45, 2.75) is 194 Å². The van der Waals surface area contributed by atoms with Crippen molar-refractivity contribution in [2.75, 3.05) is 26.4 Å². The SMILES string of the molecule is C=C.C=C.C=C.C=C.C=C.C=C.C=C.C=C.C=C.C=C.CCCCCCCCCCCCCCCCOCCCCCCCCCCCCCCCC.OCCO. The molecule has 0 aliphatic rings. The van der Waals surface area contributed by atoms with Gasteiger partial charge in [-0.15, -0.1) is 132 Å². The van der Waals surface area contributed by atoms with Crippen LogP contribution in [-0.2, 0) is 4.74 Å². The quantitative estimate of drug-likeness (QED) is 0.0542. The number of aliphatic hydroxyl groups excluding tert-OH is 2. The number of hydrogen-bond donors (Lipinski definition) is 2. The van der Waals surface area contributed by atoms with Gasteiger partial charge < -0.3 is 14.9 Å². The topological polar surface area (TPSA) is 49.7 Å². The Morgan fingerprint density at radius 1 is 0.228 bits per heavy atom. The fourth-order valence-corrected chi connectivity index (χ4v) is 4.90. The van der Waals surface area contributed by atoms with Crippen LogP contribution in [0.5, 0.6) is 0 Å². The van der Waals surface area contributed by atoms with Crippen molar-refractivity contribution >= 4 is 0 Å². The molecule has 0 saturated heterocycles. The van der Waals surface area contributed by atoms with Gasteiger partial charge >= 0.3 is 0 Å². The van der Waals surface area contributed by atoms with E-state index in [1.807, 2.05) is 0 Å². The number of ether oxygens (including phenoxy) is 1. The summed E-state index contributed by atoms with van der Waals surface area (Å²) in [6, 6.07) is 0. The van der Waals surface area contributed by atoms with Gasteiger partial charge in [-0.25, -0.2) is 0 Å². The second kappa shape index (κ2) is 159. The third-order valence-corrected chi connectivity index (χ3v) is 7.38. The lowest BCUT2D eigenvalue weighted by Crippen LogP contribution is -1.97. The summed E-state index contributed by atoms with van der Waals surface area (Å²) in [5, 5.41) is 15.2. The normalized spacial score (nSPS) is 7.86. The molecule has 2 N–H and O–H groups in total. The van der Waals surface area contributed by atoms with Crippen LogP contribution in [0.4, 0.5) is 0 Å². The van der Waals surface area contributed by atoms with E-state index in [-0.39, 0.29) is 13.2 Å². The van der Waals surface area contributed by atoms with Crippen molar-refractivity contribution in [3.05, 3.63) is 132 Å². The molecule has 0 aliphatic carbocycles. The number of aliphatic hydroxyl groups is 2. The third kappa shape index (κ3) is 175. The van der Waals surface area contributed by atoms with Crippen molar-refractivity contribution in [3.63, 3.8) is 0 Å². The van der Waals surface area contributed by atoms with Gasteiger partial charge in [-0.2, -0.15) is 0 Å². The minimum absolute atomic E-state index is 0.125. The molecule has 0 aromatic carbocycles. The first-order chi connectivity index (χ1) is 28.3. The van der Waals surface area contributed by atoms with Crippen LogP contribution in [0.1, 0.15) is 194 Å². The van der Waals surface area contributed by atoms with E-state index >= 15 is 0 Å². The molecule has 57 heavy (non-hydrogen) atoms. The summed E-state index contributed by atoms with van der Waals surface area (Å²) in [6.07, 6.45) is 40.1. The van der Waals surface area contributed by atoms with Crippen molar-refractivity contribution in [3.8, 4) is 0 Å². The van der Waals surface area contributed by atoms with E-state index in [1.54, 1.807) is 0 Å². The van der Waals surface area contributed by atoms with E-state index < -0.39 is 0 Å². The lowest BCUT2D eigenvalue weighted by atomic mass is 10.0. The molecule has 0 aromatic heterocycles. The maximum absolute atomic E-state index is 7.62. The Hall–Kier alpha value is -2.72. The highest BCUT2D eigenvalue weighted by Gasteiger charge is 1.96. The Labute approximate surface area is 365 Å². The summed E-state index contributed by atoms with van der Waals surface area (Å²) in [5.74, 6) is 0. The standard InChI is InChI=1S/C32H66O.C2H6O2.10C2H4/c1-3-5-7-9-11-13-15-17-19-21-23-25-27-29-31-33-32-30-28-26-24-22-20-18-16-14-12-10-8-6-4-2;3-1-2-4;10*1-2/h3-32H2,1-2H3;3-4H,1-2H2;10*1-2H2. The molecule has 0 heterocycles. The predicted octanol–water partition coefficient (Wildman–Crippen LogP) is 19.0. The molecule has 0 fully saturated rings. The zero-order valence-corrected chi connectivity index (χ0v) is 40.1. The minimum Gasteiger partial charge on any atom is -0.394 e. The number of unbranched alkanes of at least 4 members (excludes halogenated alkanes) is 26. The Morgan fingerprint density at radius 2 is 0.351 bits per heavy atom. The molecule has 3 heteroatoms. The first kappa shape index (κ1) is 86.2. The Balaban J connectivity index is -0.0000000707. The Kier molecular flexibility index (Phi) is 240. The van der Waals surface area contributed by atoms with Crippen LogP contribution < -0.4 is 0 Å². The van der Waals surface area contributed by atoms with Crippen LogP contribution in [0.3, 0.4) is 0 Å². The van der Waals surface area contributed by atoms with Crippen LogP contribution in [0, 0.1) is 0 Å². The van der Waals surface area contributed by atoms with Crippen molar-refractivity contribution in [2.24, 2.45) is 0 Å². The fraction of sp³-hybridized carbons (Fsp3) is 0.630. The van der Waals surface area contributed by atoms with Gasteiger partial charge in [0.15, 0.2) is 0 Å². The molecule has 0 aliphatic heterocycles. The molecule has 0 saturated carbocycles. The molecular weight excluding hydrogens is 697 g/mol. The van der Waals surface area contributed by atoms with E-state index in [9.17, 15) is 0 Å². The van der Waals surface area contributed by atoms with Gasteiger partial charge in [0.2, 0.25) is 0 Å². The molecule has 0 atom stereocenters. The molecule has 3 nitrogen and oxygen atoms in total. The van der Waals surface area contributed by atoms with E-state index in [0.29, 0.717) is 0 Å². The zero-order valence-electron chi connectivity index (χ0n) is 40.1. The number of hydrogen-bond acceptors (Lipinski definition) is 3. The van der Waals surface area contributed by atoms with Gasteiger partial charge in [-0.1, -0.05) is 181 Å². The summed E-state index contributed by atoms with van der Waals surface area (Å²) in [6.45, 7) is 66.3. The highest BCUT2D eigenvalue weighted by Crippen LogP contribution is 2.14. The molecular formula is C54H112O3. The highest BCUT2D eigenvalue weighted by molar-refractivity contribution is 4.51. The molecule has 0 amide bonds. The Morgan fingerprint density at radius 3 is 0.474 bits per heavy atom. The lowest BCUT2D eigenvalue weighted by molar-refractivity contribution is 0.125. The second-order valence-electron chi connectivity index (χ2n) is 11.3. The van der Waals surface area contributed by atoms with E-state index in [2.05, 4.69) is 145 Å². The summed E-state index contributed by atoms with van der Waals surface area (Å²) in [7, 11) is 0. The molecule has 0 aromatic rings. The van der Waals surface area contributed by atoms with Crippen LogP contribution in [0.15, 0.2) is 132 Å². The Bertz CT molecular complexity index is 418. The van der Waals surface area contributed by atoms with Crippen LogP contribution >= 0.6 is 0 Å². The van der Waals surface area contributed by atoms with Crippen LogP contribution in [0.2, 0.25) is 0 Å². The minimum atomic E-state index is -0.125. The van der Waals surface area contributed by atoms with Gasteiger partial charge in [0.1, 0.15) is 0 Å². The first-order valence-corrected chi connectivity index (χ1v) is 22.1. The van der Waals surface area contributed by atoms with Gasteiger partial charge in [0.05, 0.1) is 13.2 Å². The summed E-state index contributed by atoms with van der Waals surface area (Å²) in [5.41, 5.74) is 0. The fourth-order valence-electron chi connectivity index (χ4n) is 4.90. The monoisotopic (exact) mass is 809 g/mol. The summed E-state index contributed by atoms with van der Waals surface area (Å²) < 4.78 is 5.85. The van der Waals surface area contributed by atoms with Gasteiger partial charge in [0.25, 0.3) is 0 Å². The predicted molar refractivity (Wildman–Crippen MR) is 278 cm³/mol. The van der Waals surface area contributed by atoms with E-state index in [0.717, 1.165) is 13.2 Å². The molecule has 0 unspecified atom stereocenters. The molecule has 0 spiro atoms. The van der Waals surface area contributed by atoms with Crippen LogP contribution in [-0.4, -0.2) is 36.6 Å². The lowest BCUT2D eigenvalue weighted by Gasteiger charge is -2.05. The van der Waals surface area contributed by atoms with Crippen molar-refractivity contribution in [1.82, 2.24) is 0 Å². The van der Waals surface area contributed by atoms with E-state index in [4.69, 9.17) is 14.9 Å². The zero-order chi connectivity index (χ0) is 47.3. The first-order valence-electron chi connectivity index (χ1n) is 22.1. The summed E-state index contributed by atoms with van der Waals surface area (Å²) >= 11 is 0. The maximum atomic E-state index is 7.62. The van der Waals surface area contributed by atoms with Gasteiger partial charge in [0, 0.05) is 13.2 Å². The average molecular weight is 809 g/mol. The van der Waals surface area contributed by atoms with Crippen LogP contribution in [0.25, 0.3) is 0 Å². The smallest absolute Gasteiger partial charge is 0.0662 e. The van der Waals surface area contributed by atoms with Crippen molar-refractivity contribution < 1.29 is 14.9 Å². The molecule has 0 radical (unpaired) electrons. The summed E-state index contributed by atoms with van der Waals surface area (Å²) in [4.78, 5) is 0. The maximum Gasteiger partial charge on any atom is 0.0662 e. The van der Waals surface area contributed by atoms with Crippen molar-refractivity contribution in [1.29, 1.82) is 0 Å². The highest BCUT2D eigenvalue weighted by atomic mass is 16.5. The van der Waals surface area contributed by atoms with E-state index in [1.165, 1.54) is 180 Å². The molecule has 0 rings (SSSR count). The van der Waals surface area contributed by atoms with Gasteiger partial charge in [-0.3, -0.25) is 0 Å². The second-order valence-corrected chi connectivity index (χ2v) is 11.3.